The van der Waals surface area contributed by atoms with Crippen LogP contribution in [-0.2, 0) is 6.42 Å². The van der Waals surface area contributed by atoms with Crippen molar-refractivity contribution in [2.75, 3.05) is 0 Å². The Labute approximate surface area is 124 Å². The predicted octanol–water partition coefficient (Wildman–Crippen LogP) is 3.80. The zero-order valence-electron chi connectivity index (χ0n) is 10.4. The van der Waals surface area contributed by atoms with Crippen LogP contribution in [0.1, 0.15) is 12.6 Å². The van der Waals surface area contributed by atoms with E-state index in [9.17, 15) is 4.39 Å². The van der Waals surface area contributed by atoms with Crippen LogP contribution in [0.5, 0.6) is 0 Å². The molecule has 0 saturated carbocycles. The topological polar surface area (TPSA) is 43.1 Å². The summed E-state index contributed by atoms with van der Waals surface area (Å²) in [4.78, 5) is 8.13. The number of hydrogen-bond acceptors (Lipinski definition) is 3. The minimum absolute atomic E-state index is 0.161. The molecule has 0 spiro atoms. The lowest BCUT2D eigenvalue weighted by atomic mass is 10.0. The molecular weight excluding hydrogens is 302 g/mol. The maximum Gasteiger partial charge on any atom is 0.253 e. The number of halogens is 3. The maximum absolute atomic E-state index is 14.1. The van der Waals surface area contributed by atoms with Gasteiger partial charge in [-0.1, -0.05) is 36.2 Å². The summed E-state index contributed by atoms with van der Waals surface area (Å²) in [6.07, 6.45) is 1.96. The van der Waals surface area contributed by atoms with Gasteiger partial charge in [0.05, 0.1) is 10.7 Å². The summed E-state index contributed by atoms with van der Waals surface area (Å²) in [7, 11) is 0. The van der Waals surface area contributed by atoms with Gasteiger partial charge >= 0.3 is 0 Å². The number of rotatable bonds is 2. The molecule has 0 aliphatic rings. The van der Waals surface area contributed by atoms with Crippen LogP contribution in [0.2, 0.25) is 10.2 Å². The van der Waals surface area contributed by atoms with E-state index in [-0.39, 0.29) is 15.7 Å². The number of aryl methyl sites for hydroxylation is 1. The first-order valence-corrected chi connectivity index (χ1v) is 6.71. The van der Waals surface area contributed by atoms with E-state index < -0.39 is 5.82 Å². The number of nitrogens with zero attached hydrogens (tertiary/aromatic N) is 4. The van der Waals surface area contributed by atoms with Gasteiger partial charge in [0.25, 0.3) is 5.78 Å². The lowest BCUT2D eigenvalue weighted by Crippen LogP contribution is -2.05. The van der Waals surface area contributed by atoms with E-state index in [1.807, 2.05) is 6.92 Å². The van der Waals surface area contributed by atoms with Gasteiger partial charge in [-0.2, -0.15) is 15.1 Å². The van der Waals surface area contributed by atoms with Crippen molar-refractivity contribution in [1.82, 2.24) is 19.6 Å². The second kappa shape index (κ2) is 5.00. The minimum atomic E-state index is -0.449. The molecule has 0 atom stereocenters. The highest BCUT2D eigenvalue weighted by Gasteiger charge is 2.20. The smallest absolute Gasteiger partial charge is 0.206 e. The fourth-order valence-electron chi connectivity index (χ4n) is 2.18. The summed E-state index contributed by atoms with van der Waals surface area (Å²) >= 11 is 12.3. The van der Waals surface area contributed by atoms with E-state index in [0.717, 1.165) is 0 Å². The largest absolute Gasteiger partial charge is 0.253 e. The number of fused-ring (bicyclic) bond motifs is 1. The molecule has 0 saturated heterocycles. The molecule has 7 heteroatoms. The van der Waals surface area contributed by atoms with E-state index in [1.54, 1.807) is 16.6 Å². The quantitative estimate of drug-likeness (QED) is 0.676. The summed E-state index contributed by atoms with van der Waals surface area (Å²) in [5.74, 6) is -0.0709. The molecule has 0 aliphatic carbocycles. The Morgan fingerprint density at radius 1 is 1.25 bits per heavy atom. The summed E-state index contributed by atoms with van der Waals surface area (Å²) in [6, 6.07) is 4.49. The van der Waals surface area contributed by atoms with Gasteiger partial charge in [0, 0.05) is 11.1 Å². The van der Waals surface area contributed by atoms with E-state index in [4.69, 9.17) is 23.2 Å². The monoisotopic (exact) mass is 310 g/mol. The van der Waals surface area contributed by atoms with Gasteiger partial charge in [0.2, 0.25) is 0 Å². The molecular formula is C13H9Cl2FN4. The number of aromatic nitrogens is 4. The Kier molecular flexibility index (Phi) is 3.31. The van der Waals surface area contributed by atoms with Gasteiger partial charge in [0.1, 0.15) is 17.3 Å². The number of hydrogen-bond donors (Lipinski definition) is 0. The standard InChI is InChI=1S/C13H9Cl2FN4/c1-2-9-11(10-7(14)4-3-5-8(10)16)12(15)19-13-17-6-18-20(9)13/h3-6H,2H2,1H3. The van der Waals surface area contributed by atoms with E-state index in [1.165, 1.54) is 12.4 Å². The highest BCUT2D eigenvalue weighted by molar-refractivity contribution is 6.36. The van der Waals surface area contributed by atoms with Crippen molar-refractivity contribution in [1.29, 1.82) is 0 Å². The Bertz CT molecular complexity index is 780. The van der Waals surface area contributed by atoms with Crippen LogP contribution in [0.15, 0.2) is 24.5 Å². The van der Waals surface area contributed by atoms with Gasteiger partial charge in [-0.15, -0.1) is 0 Å². The normalized spacial score (nSPS) is 11.2. The van der Waals surface area contributed by atoms with Gasteiger partial charge < -0.3 is 0 Å². The minimum Gasteiger partial charge on any atom is -0.206 e. The third kappa shape index (κ3) is 1.94. The molecule has 1 aromatic carbocycles. The molecule has 3 rings (SSSR count). The zero-order chi connectivity index (χ0) is 14.3. The highest BCUT2D eigenvalue weighted by Crippen LogP contribution is 2.37. The highest BCUT2D eigenvalue weighted by atomic mass is 35.5. The predicted molar refractivity (Wildman–Crippen MR) is 75.6 cm³/mol. The van der Waals surface area contributed by atoms with Gasteiger partial charge in [0.15, 0.2) is 0 Å². The molecule has 0 fully saturated rings. The van der Waals surface area contributed by atoms with Crippen molar-refractivity contribution in [3.63, 3.8) is 0 Å². The fraction of sp³-hybridized carbons (Fsp3) is 0.154. The Morgan fingerprint density at radius 3 is 2.75 bits per heavy atom. The van der Waals surface area contributed by atoms with Crippen LogP contribution in [-0.4, -0.2) is 19.6 Å². The van der Waals surface area contributed by atoms with Crippen LogP contribution in [0.3, 0.4) is 0 Å². The maximum atomic E-state index is 14.1. The molecule has 102 valence electrons. The Hall–Kier alpha value is -1.72. The molecule has 0 amide bonds. The van der Waals surface area contributed by atoms with Crippen LogP contribution in [0, 0.1) is 5.82 Å². The first kappa shape index (κ1) is 13.3. The van der Waals surface area contributed by atoms with Crippen molar-refractivity contribution in [2.45, 2.75) is 13.3 Å². The molecule has 20 heavy (non-hydrogen) atoms. The van der Waals surface area contributed by atoms with Crippen molar-refractivity contribution in [3.8, 4) is 11.1 Å². The van der Waals surface area contributed by atoms with Crippen molar-refractivity contribution in [2.24, 2.45) is 0 Å². The van der Waals surface area contributed by atoms with Crippen molar-refractivity contribution in [3.05, 3.63) is 46.2 Å². The average molecular weight is 311 g/mol. The van der Waals surface area contributed by atoms with Gasteiger partial charge in [-0.05, 0) is 18.6 Å². The number of benzene rings is 1. The zero-order valence-corrected chi connectivity index (χ0v) is 12.0. The van der Waals surface area contributed by atoms with Crippen LogP contribution >= 0.6 is 23.2 Å². The molecule has 2 heterocycles. The van der Waals surface area contributed by atoms with Crippen LogP contribution in [0.4, 0.5) is 4.39 Å². The van der Waals surface area contributed by atoms with Crippen LogP contribution in [0.25, 0.3) is 16.9 Å². The second-order valence-electron chi connectivity index (χ2n) is 4.15. The first-order valence-electron chi connectivity index (χ1n) is 5.96. The third-order valence-electron chi connectivity index (χ3n) is 3.03. The summed E-state index contributed by atoms with van der Waals surface area (Å²) in [5.41, 5.74) is 1.40. The third-order valence-corrected chi connectivity index (χ3v) is 3.61. The van der Waals surface area contributed by atoms with Crippen LogP contribution < -0.4 is 0 Å². The van der Waals surface area contributed by atoms with Gasteiger partial charge in [-0.25, -0.2) is 8.91 Å². The average Bonchev–Trinajstić information content (AvgIpc) is 2.86. The molecule has 0 unspecified atom stereocenters. The molecule has 2 aromatic heterocycles. The first-order chi connectivity index (χ1) is 9.63. The Morgan fingerprint density at radius 2 is 2.05 bits per heavy atom. The van der Waals surface area contributed by atoms with E-state index >= 15 is 0 Å². The lowest BCUT2D eigenvalue weighted by Gasteiger charge is -2.13. The summed E-state index contributed by atoms with van der Waals surface area (Å²) < 4.78 is 15.7. The summed E-state index contributed by atoms with van der Waals surface area (Å²) in [6.45, 7) is 1.92. The molecule has 0 radical (unpaired) electrons. The van der Waals surface area contributed by atoms with E-state index in [2.05, 4.69) is 15.1 Å². The SMILES string of the molecule is CCc1c(-c2c(F)cccc2Cl)c(Cl)nc2ncnn12. The molecule has 4 nitrogen and oxygen atoms in total. The van der Waals surface area contributed by atoms with Gasteiger partial charge in [-0.3, -0.25) is 0 Å². The molecule has 0 N–H and O–H groups in total. The van der Waals surface area contributed by atoms with E-state index in [0.29, 0.717) is 23.5 Å². The Balaban J connectivity index is 2.44. The molecule has 0 aliphatic heterocycles. The summed E-state index contributed by atoms with van der Waals surface area (Å²) in [5, 5.41) is 4.54. The van der Waals surface area contributed by atoms with Crippen molar-refractivity contribution < 1.29 is 4.39 Å². The lowest BCUT2D eigenvalue weighted by molar-refractivity contribution is 0.630. The molecule has 0 bridgehead atoms. The second-order valence-corrected chi connectivity index (χ2v) is 4.91. The molecule has 3 aromatic rings. The van der Waals surface area contributed by atoms with Crippen molar-refractivity contribution >= 4 is 29.0 Å². The fourth-order valence-corrected chi connectivity index (χ4v) is 2.72.